The number of rotatable bonds is 6. The number of H-pyrrole nitrogens is 1. The second kappa shape index (κ2) is 9.57. The number of hydrogen-bond acceptors (Lipinski definition) is 4. The molecule has 1 fully saturated rings. The highest BCUT2D eigenvalue weighted by atomic mass is 32.2. The number of fused-ring (bicyclic) bond motifs is 1. The Morgan fingerprint density at radius 3 is 2.74 bits per heavy atom. The third-order valence-corrected chi connectivity index (χ3v) is 6.24. The standard InChI is InChI=1S/C20H28N4OS2/c1-15(2)22-19(25)14-23-8-10-24(11-9-23)20(26)27-12-7-16-13-21-18-6-4-3-5-17(16)18/h3-6,13,15,21H,7-12,14H2,1-2H3,(H,22,25). The van der Waals surface area contributed by atoms with Crippen molar-refractivity contribution < 1.29 is 4.79 Å². The minimum atomic E-state index is 0.106. The molecule has 0 radical (unpaired) electrons. The smallest absolute Gasteiger partial charge is 0.234 e. The second-order valence-corrected chi connectivity index (χ2v) is 8.94. The Labute approximate surface area is 170 Å². The van der Waals surface area contributed by atoms with Crippen LogP contribution in [0.1, 0.15) is 19.4 Å². The number of hydrogen-bond donors (Lipinski definition) is 2. The summed E-state index contributed by atoms with van der Waals surface area (Å²) < 4.78 is 0.973. The van der Waals surface area contributed by atoms with Crippen LogP contribution in [0, 0.1) is 0 Å². The first-order valence-corrected chi connectivity index (χ1v) is 10.9. The van der Waals surface area contributed by atoms with Crippen LogP contribution in [-0.4, -0.2) is 69.5 Å². The fraction of sp³-hybridized carbons (Fsp3) is 0.500. The molecular weight excluding hydrogens is 376 g/mol. The fourth-order valence-electron chi connectivity index (χ4n) is 3.34. The molecule has 3 rings (SSSR count). The van der Waals surface area contributed by atoms with Gasteiger partial charge in [0.2, 0.25) is 5.91 Å². The van der Waals surface area contributed by atoms with Crippen LogP contribution in [-0.2, 0) is 11.2 Å². The predicted octanol–water partition coefficient (Wildman–Crippen LogP) is 2.87. The molecule has 5 nitrogen and oxygen atoms in total. The number of benzene rings is 1. The summed E-state index contributed by atoms with van der Waals surface area (Å²) in [5.41, 5.74) is 2.54. The van der Waals surface area contributed by atoms with Crippen molar-refractivity contribution in [3.63, 3.8) is 0 Å². The van der Waals surface area contributed by atoms with Crippen LogP contribution in [0.5, 0.6) is 0 Å². The Hall–Kier alpha value is -1.57. The van der Waals surface area contributed by atoms with Crippen molar-refractivity contribution in [2.24, 2.45) is 0 Å². The van der Waals surface area contributed by atoms with Gasteiger partial charge in [0.25, 0.3) is 0 Å². The Bertz CT molecular complexity index is 781. The maximum atomic E-state index is 11.9. The number of piperazine rings is 1. The molecule has 1 amide bonds. The number of thiocarbonyl (C=S) groups is 1. The molecule has 0 aliphatic carbocycles. The van der Waals surface area contributed by atoms with Crippen LogP contribution >= 0.6 is 24.0 Å². The molecule has 7 heteroatoms. The van der Waals surface area contributed by atoms with Crippen molar-refractivity contribution in [1.82, 2.24) is 20.1 Å². The molecule has 0 atom stereocenters. The second-order valence-electron chi connectivity index (χ2n) is 7.21. The van der Waals surface area contributed by atoms with E-state index in [0.717, 1.165) is 42.7 Å². The van der Waals surface area contributed by atoms with E-state index in [9.17, 15) is 4.79 Å². The molecule has 2 N–H and O–H groups in total. The van der Waals surface area contributed by atoms with Crippen molar-refractivity contribution in [1.29, 1.82) is 0 Å². The number of amides is 1. The number of thioether (sulfide) groups is 1. The first-order chi connectivity index (χ1) is 13.0. The fourth-order valence-corrected chi connectivity index (χ4v) is 4.63. The van der Waals surface area contributed by atoms with E-state index in [-0.39, 0.29) is 11.9 Å². The molecule has 1 aromatic heterocycles. The van der Waals surface area contributed by atoms with Gasteiger partial charge in [-0.3, -0.25) is 9.69 Å². The van der Waals surface area contributed by atoms with E-state index >= 15 is 0 Å². The molecule has 0 bridgehead atoms. The van der Waals surface area contributed by atoms with E-state index in [0.29, 0.717) is 6.54 Å². The third-order valence-electron chi connectivity index (χ3n) is 4.72. The van der Waals surface area contributed by atoms with Crippen molar-refractivity contribution >= 4 is 45.1 Å². The van der Waals surface area contributed by atoms with Gasteiger partial charge in [-0.1, -0.05) is 42.2 Å². The summed E-state index contributed by atoms with van der Waals surface area (Å²) in [5.74, 6) is 1.09. The van der Waals surface area contributed by atoms with E-state index < -0.39 is 0 Å². The first-order valence-electron chi connectivity index (χ1n) is 9.51. The van der Waals surface area contributed by atoms with E-state index in [1.807, 2.05) is 13.8 Å². The van der Waals surface area contributed by atoms with Crippen molar-refractivity contribution in [2.45, 2.75) is 26.3 Å². The van der Waals surface area contributed by atoms with E-state index in [2.05, 4.69) is 50.6 Å². The number of carbonyl (C=O) groups is 1. The minimum absolute atomic E-state index is 0.106. The average Bonchev–Trinajstić information content (AvgIpc) is 3.05. The Kier molecular flexibility index (Phi) is 7.15. The predicted molar refractivity (Wildman–Crippen MR) is 118 cm³/mol. The van der Waals surface area contributed by atoms with Gasteiger partial charge in [-0.15, -0.1) is 0 Å². The summed E-state index contributed by atoms with van der Waals surface area (Å²) in [6, 6.07) is 8.60. The van der Waals surface area contributed by atoms with Gasteiger partial charge in [-0.2, -0.15) is 0 Å². The van der Waals surface area contributed by atoms with Crippen LogP contribution in [0.4, 0.5) is 0 Å². The first kappa shape index (κ1) is 20.2. The largest absolute Gasteiger partial charge is 0.361 e. The lowest BCUT2D eigenvalue weighted by atomic mass is 10.1. The zero-order valence-corrected chi connectivity index (χ0v) is 17.7. The topological polar surface area (TPSA) is 51.4 Å². The number of nitrogens with one attached hydrogen (secondary N) is 2. The zero-order valence-electron chi connectivity index (χ0n) is 16.0. The summed E-state index contributed by atoms with van der Waals surface area (Å²) in [4.78, 5) is 19.7. The number of carbonyl (C=O) groups excluding carboxylic acids is 1. The van der Waals surface area contributed by atoms with Gasteiger partial charge in [-0.05, 0) is 31.9 Å². The molecule has 2 aromatic rings. The number of nitrogens with zero attached hydrogens (tertiary/aromatic N) is 2. The molecular formula is C20H28N4OS2. The van der Waals surface area contributed by atoms with E-state index in [4.69, 9.17) is 12.2 Å². The highest BCUT2D eigenvalue weighted by Gasteiger charge is 2.21. The highest BCUT2D eigenvalue weighted by molar-refractivity contribution is 8.22. The summed E-state index contributed by atoms with van der Waals surface area (Å²) >= 11 is 7.39. The maximum Gasteiger partial charge on any atom is 0.234 e. The Morgan fingerprint density at radius 1 is 1.26 bits per heavy atom. The highest BCUT2D eigenvalue weighted by Crippen LogP contribution is 2.20. The maximum absolute atomic E-state index is 11.9. The summed E-state index contributed by atoms with van der Waals surface area (Å²) in [5, 5.41) is 4.25. The minimum Gasteiger partial charge on any atom is -0.361 e. The van der Waals surface area contributed by atoms with Crippen LogP contribution in [0.3, 0.4) is 0 Å². The summed E-state index contributed by atoms with van der Waals surface area (Å²) in [6.07, 6.45) is 3.11. The molecule has 1 saturated heterocycles. The van der Waals surface area contributed by atoms with Crippen LogP contribution < -0.4 is 5.32 Å². The van der Waals surface area contributed by atoms with Gasteiger partial charge >= 0.3 is 0 Å². The lowest BCUT2D eigenvalue weighted by Crippen LogP contribution is -2.50. The van der Waals surface area contributed by atoms with Crippen LogP contribution in [0.15, 0.2) is 30.5 Å². The molecule has 146 valence electrons. The molecule has 27 heavy (non-hydrogen) atoms. The molecule has 0 saturated carbocycles. The molecule has 2 heterocycles. The quantitative estimate of drug-likeness (QED) is 0.725. The molecule has 1 aromatic carbocycles. The van der Waals surface area contributed by atoms with Gasteiger partial charge in [-0.25, -0.2) is 0 Å². The lowest BCUT2D eigenvalue weighted by molar-refractivity contribution is -0.123. The average molecular weight is 405 g/mol. The number of para-hydroxylation sites is 1. The van der Waals surface area contributed by atoms with Crippen LogP contribution in [0.2, 0.25) is 0 Å². The van der Waals surface area contributed by atoms with Gasteiger partial charge < -0.3 is 15.2 Å². The number of aromatic nitrogens is 1. The van der Waals surface area contributed by atoms with Gasteiger partial charge in [0, 0.05) is 55.1 Å². The van der Waals surface area contributed by atoms with Crippen molar-refractivity contribution in [3.05, 3.63) is 36.0 Å². The van der Waals surface area contributed by atoms with Crippen molar-refractivity contribution in [2.75, 3.05) is 38.5 Å². The summed E-state index contributed by atoms with van der Waals surface area (Å²) in [6.45, 7) is 8.02. The molecule has 0 spiro atoms. The number of aromatic amines is 1. The number of aryl methyl sites for hydroxylation is 1. The normalized spacial score (nSPS) is 15.4. The van der Waals surface area contributed by atoms with Crippen LogP contribution in [0.25, 0.3) is 10.9 Å². The van der Waals surface area contributed by atoms with Gasteiger partial charge in [0.05, 0.1) is 6.54 Å². The Balaban J connectivity index is 1.39. The van der Waals surface area contributed by atoms with Gasteiger partial charge in [0.1, 0.15) is 4.32 Å². The molecule has 0 unspecified atom stereocenters. The zero-order chi connectivity index (χ0) is 19.2. The monoisotopic (exact) mass is 404 g/mol. The molecule has 1 aliphatic rings. The van der Waals surface area contributed by atoms with Gasteiger partial charge in [0.15, 0.2) is 0 Å². The van der Waals surface area contributed by atoms with E-state index in [1.54, 1.807) is 11.8 Å². The molecule has 1 aliphatic heterocycles. The SMILES string of the molecule is CC(C)NC(=O)CN1CCN(C(=S)SCCc2c[nH]c3ccccc23)CC1. The Morgan fingerprint density at radius 2 is 2.00 bits per heavy atom. The van der Waals surface area contributed by atoms with E-state index in [1.165, 1.54) is 16.5 Å². The lowest BCUT2D eigenvalue weighted by Gasteiger charge is -2.35. The van der Waals surface area contributed by atoms with Crippen molar-refractivity contribution in [3.8, 4) is 0 Å². The third kappa shape index (κ3) is 5.70. The summed E-state index contributed by atoms with van der Waals surface area (Å²) in [7, 11) is 0.